The number of halogens is 1. The lowest BCUT2D eigenvalue weighted by atomic mass is 9.97. The van der Waals surface area contributed by atoms with Crippen LogP contribution in [0.25, 0.3) is 0 Å². The Labute approximate surface area is 99.1 Å². The molecule has 1 aliphatic rings. The molecule has 1 aliphatic heterocycles. The molecule has 0 spiro atoms. The minimum Gasteiger partial charge on any atom is -0.495 e. The van der Waals surface area contributed by atoms with Gasteiger partial charge in [0, 0.05) is 11.6 Å². The first-order valence-electron chi connectivity index (χ1n) is 5.38. The molecule has 0 unspecified atom stereocenters. The van der Waals surface area contributed by atoms with Gasteiger partial charge in [-0.1, -0.05) is 18.6 Å². The van der Waals surface area contributed by atoms with Gasteiger partial charge in [0.2, 0.25) is 0 Å². The second kappa shape index (κ2) is 4.99. The zero-order chi connectivity index (χ0) is 10.7. The number of piperidine rings is 1. The largest absolute Gasteiger partial charge is 0.495 e. The van der Waals surface area contributed by atoms with E-state index >= 15 is 0 Å². The van der Waals surface area contributed by atoms with Crippen LogP contribution in [0.4, 0.5) is 0 Å². The predicted molar refractivity (Wildman–Crippen MR) is 65.3 cm³/mol. The summed E-state index contributed by atoms with van der Waals surface area (Å²) in [6.07, 6.45) is 3.78. The van der Waals surface area contributed by atoms with Gasteiger partial charge in [-0.25, -0.2) is 0 Å². The van der Waals surface area contributed by atoms with Crippen LogP contribution >= 0.6 is 15.9 Å². The Balaban J connectivity index is 2.29. The summed E-state index contributed by atoms with van der Waals surface area (Å²) in [5.41, 5.74) is 1.27. The van der Waals surface area contributed by atoms with E-state index in [1.54, 1.807) is 7.11 Å². The third-order valence-electron chi connectivity index (χ3n) is 2.89. The summed E-state index contributed by atoms with van der Waals surface area (Å²) in [6, 6.07) is 6.68. The summed E-state index contributed by atoms with van der Waals surface area (Å²) in [5.74, 6) is 0.969. The molecule has 1 heterocycles. The first-order chi connectivity index (χ1) is 7.33. The van der Waals surface area contributed by atoms with Gasteiger partial charge in [-0.15, -0.1) is 0 Å². The maximum atomic E-state index is 5.44. The van der Waals surface area contributed by atoms with E-state index < -0.39 is 0 Å². The van der Waals surface area contributed by atoms with Crippen molar-refractivity contribution in [1.82, 2.24) is 5.32 Å². The third-order valence-corrected chi connectivity index (χ3v) is 3.51. The minimum absolute atomic E-state index is 0.450. The van der Waals surface area contributed by atoms with Gasteiger partial charge in [0.1, 0.15) is 5.75 Å². The molecule has 15 heavy (non-hydrogen) atoms. The predicted octanol–water partition coefficient (Wildman–Crippen LogP) is 3.27. The maximum absolute atomic E-state index is 5.44. The molecule has 3 heteroatoms. The highest BCUT2D eigenvalue weighted by molar-refractivity contribution is 9.10. The molecule has 1 atom stereocenters. The van der Waals surface area contributed by atoms with Crippen LogP contribution in [-0.4, -0.2) is 13.7 Å². The smallest absolute Gasteiger partial charge is 0.137 e. The van der Waals surface area contributed by atoms with Crippen molar-refractivity contribution in [2.45, 2.75) is 25.3 Å². The highest BCUT2D eigenvalue weighted by Gasteiger charge is 2.19. The molecule has 1 saturated heterocycles. The summed E-state index contributed by atoms with van der Waals surface area (Å²) in [6.45, 7) is 1.11. The van der Waals surface area contributed by atoms with Gasteiger partial charge in [0.05, 0.1) is 11.6 Å². The fourth-order valence-electron chi connectivity index (χ4n) is 2.13. The van der Waals surface area contributed by atoms with Crippen molar-refractivity contribution < 1.29 is 4.74 Å². The molecule has 0 radical (unpaired) electrons. The molecular formula is C12H16BrNO. The fraction of sp³-hybridized carbons (Fsp3) is 0.500. The first-order valence-corrected chi connectivity index (χ1v) is 6.18. The molecule has 2 rings (SSSR count). The number of rotatable bonds is 2. The summed E-state index contributed by atoms with van der Waals surface area (Å²) in [5, 5.41) is 3.54. The van der Waals surface area contributed by atoms with Crippen molar-refractivity contribution in [3.05, 3.63) is 28.2 Å². The van der Waals surface area contributed by atoms with E-state index in [1.165, 1.54) is 24.8 Å². The molecule has 1 fully saturated rings. The second-order valence-electron chi connectivity index (χ2n) is 3.86. The van der Waals surface area contributed by atoms with Crippen LogP contribution < -0.4 is 10.1 Å². The van der Waals surface area contributed by atoms with Crippen molar-refractivity contribution in [3.8, 4) is 5.75 Å². The van der Waals surface area contributed by atoms with Gasteiger partial charge in [-0.2, -0.15) is 0 Å². The lowest BCUT2D eigenvalue weighted by Gasteiger charge is -2.25. The molecule has 82 valence electrons. The fourth-order valence-corrected chi connectivity index (χ4v) is 2.68. The van der Waals surface area contributed by atoms with E-state index in [0.29, 0.717) is 6.04 Å². The van der Waals surface area contributed by atoms with Gasteiger partial charge < -0.3 is 10.1 Å². The molecule has 0 saturated carbocycles. The Morgan fingerprint density at radius 1 is 1.40 bits per heavy atom. The van der Waals surface area contributed by atoms with Crippen molar-refractivity contribution in [1.29, 1.82) is 0 Å². The normalized spacial score (nSPS) is 21.3. The van der Waals surface area contributed by atoms with Crippen LogP contribution in [0.15, 0.2) is 22.7 Å². The Morgan fingerprint density at radius 3 is 2.93 bits per heavy atom. The molecule has 0 amide bonds. The zero-order valence-electron chi connectivity index (χ0n) is 8.92. The maximum Gasteiger partial charge on any atom is 0.137 e. The molecular weight excluding hydrogens is 254 g/mol. The van der Waals surface area contributed by atoms with Gasteiger partial charge in [0.25, 0.3) is 0 Å². The monoisotopic (exact) mass is 269 g/mol. The second-order valence-corrected chi connectivity index (χ2v) is 4.72. The van der Waals surface area contributed by atoms with Crippen LogP contribution in [0.1, 0.15) is 30.9 Å². The molecule has 0 aliphatic carbocycles. The van der Waals surface area contributed by atoms with Crippen molar-refractivity contribution in [3.63, 3.8) is 0 Å². The number of methoxy groups -OCH3 is 1. The first kappa shape index (κ1) is 11.0. The third kappa shape index (κ3) is 2.34. The van der Waals surface area contributed by atoms with Crippen LogP contribution in [-0.2, 0) is 0 Å². The van der Waals surface area contributed by atoms with Crippen molar-refractivity contribution in [2.24, 2.45) is 0 Å². The Bertz CT molecular complexity index is 334. The molecule has 0 bridgehead atoms. The molecule has 2 nitrogen and oxygen atoms in total. The van der Waals surface area contributed by atoms with E-state index in [4.69, 9.17) is 4.74 Å². The van der Waals surface area contributed by atoms with Crippen molar-refractivity contribution >= 4 is 15.9 Å². The Kier molecular flexibility index (Phi) is 3.65. The molecule has 1 aromatic rings. The molecule has 0 aromatic heterocycles. The van der Waals surface area contributed by atoms with E-state index in [-0.39, 0.29) is 0 Å². The van der Waals surface area contributed by atoms with E-state index in [1.807, 2.05) is 6.07 Å². The topological polar surface area (TPSA) is 21.3 Å². The number of hydrogen-bond donors (Lipinski definition) is 1. The standard InChI is InChI=1S/C12H16BrNO/c1-15-12-9(5-4-6-10(12)13)11-7-2-3-8-14-11/h4-6,11,14H,2-3,7-8H2,1H3/t11-/m1/s1. The quantitative estimate of drug-likeness (QED) is 0.890. The minimum atomic E-state index is 0.450. The van der Waals surface area contributed by atoms with Crippen LogP contribution in [0.3, 0.4) is 0 Å². The molecule has 1 aromatic carbocycles. The Hall–Kier alpha value is -0.540. The van der Waals surface area contributed by atoms with Crippen LogP contribution in [0.5, 0.6) is 5.75 Å². The number of nitrogens with one attached hydrogen (secondary N) is 1. The van der Waals surface area contributed by atoms with Crippen LogP contribution in [0.2, 0.25) is 0 Å². The summed E-state index contributed by atoms with van der Waals surface area (Å²) >= 11 is 3.52. The summed E-state index contributed by atoms with van der Waals surface area (Å²) in [7, 11) is 1.73. The Morgan fingerprint density at radius 2 is 2.27 bits per heavy atom. The van der Waals surface area contributed by atoms with E-state index in [9.17, 15) is 0 Å². The summed E-state index contributed by atoms with van der Waals surface area (Å²) in [4.78, 5) is 0. The van der Waals surface area contributed by atoms with E-state index in [2.05, 4.69) is 33.4 Å². The number of hydrogen-bond acceptors (Lipinski definition) is 2. The van der Waals surface area contributed by atoms with E-state index in [0.717, 1.165) is 16.8 Å². The average molecular weight is 270 g/mol. The van der Waals surface area contributed by atoms with Gasteiger partial charge in [-0.05, 0) is 41.4 Å². The van der Waals surface area contributed by atoms with Gasteiger partial charge >= 0.3 is 0 Å². The van der Waals surface area contributed by atoms with Crippen molar-refractivity contribution in [2.75, 3.05) is 13.7 Å². The lowest BCUT2D eigenvalue weighted by Crippen LogP contribution is -2.27. The van der Waals surface area contributed by atoms with Crippen LogP contribution in [0, 0.1) is 0 Å². The number of para-hydroxylation sites is 1. The highest BCUT2D eigenvalue weighted by atomic mass is 79.9. The SMILES string of the molecule is COc1c(Br)cccc1[C@H]1CCCCN1. The lowest BCUT2D eigenvalue weighted by molar-refractivity contribution is 0.372. The molecule has 1 N–H and O–H groups in total. The summed E-state index contributed by atoms with van der Waals surface area (Å²) < 4.78 is 6.48. The van der Waals surface area contributed by atoms with Gasteiger partial charge in [-0.3, -0.25) is 0 Å². The number of ether oxygens (including phenoxy) is 1. The highest BCUT2D eigenvalue weighted by Crippen LogP contribution is 2.35. The average Bonchev–Trinajstić information content (AvgIpc) is 2.30. The van der Waals surface area contributed by atoms with Gasteiger partial charge in [0.15, 0.2) is 0 Å². The number of benzene rings is 1. The zero-order valence-corrected chi connectivity index (χ0v) is 10.5.